The summed E-state index contributed by atoms with van der Waals surface area (Å²) in [7, 11) is 0. The molecule has 5 saturated carbocycles. The van der Waals surface area contributed by atoms with Crippen LogP contribution in [0.15, 0.2) is 4.99 Å². The van der Waals surface area contributed by atoms with Gasteiger partial charge in [0.25, 0.3) is 0 Å². The average molecular weight is 289 g/mol. The third-order valence-electron chi connectivity index (χ3n) is 6.79. The SMILES string of the molecule is NNC(CC12CC3CC(CC(C3)C1)C2)=NC1CCCCC1. The zero-order valence-electron chi connectivity index (χ0n) is 13.3. The minimum atomic E-state index is 0.540. The molecule has 0 unspecified atom stereocenters. The molecular formula is C18H31N3. The number of rotatable bonds is 3. The van der Waals surface area contributed by atoms with Gasteiger partial charge in [0.15, 0.2) is 0 Å². The first-order chi connectivity index (χ1) is 10.2. The highest BCUT2D eigenvalue weighted by atomic mass is 15.3. The van der Waals surface area contributed by atoms with E-state index in [0.29, 0.717) is 11.5 Å². The van der Waals surface area contributed by atoms with Crippen LogP contribution < -0.4 is 11.3 Å². The van der Waals surface area contributed by atoms with Gasteiger partial charge in [-0.3, -0.25) is 4.99 Å². The van der Waals surface area contributed by atoms with Crippen molar-refractivity contribution in [1.29, 1.82) is 0 Å². The van der Waals surface area contributed by atoms with E-state index in [4.69, 9.17) is 10.8 Å². The monoisotopic (exact) mass is 289 g/mol. The Kier molecular flexibility index (Phi) is 3.72. The third-order valence-corrected chi connectivity index (χ3v) is 6.79. The summed E-state index contributed by atoms with van der Waals surface area (Å²) in [4.78, 5) is 5.01. The molecule has 0 heterocycles. The molecule has 0 aromatic heterocycles. The Bertz CT molecular complexity index is 373. The molecule has 5 aliphatic rings. The maximum atomic E-state index is 5.84. The molecule has 0 atom stereocenters. The smallest absolute Gasteiger partial charge is 0.111 e. The Morgan fingerprint density at radius 3 is 2.05 bits per heavy atom. The van der Waals surface area contributed by atoms with Gasteiger partial charge in [-0.05, 0) is 74.5 Å². The molecule has 0 saturated heterocycles. The summed E-state index contributed by atoms with van der Waals surface area (Å²) in [6.07, 6.45) is 16.7. The molecular weight excluding hydrogens is 258 g/mol. The molecule has 0 aromatic rings. The Morgan fingerprint density at radius 1 is 0.952 bits per heavy atom. The Morgan fingerprint density at radius 2 is 1.52 bits per heavy atom. The fourth-order valence-electron chi connectivity index (χ4n) is 6.43. The maximum absolute atomic E-state index is 5.84. The lowest BCUT2D eigenvalue weighted by Crippen LogP contribution is -2.48. The van der Waals surface area contributed by atoms with Crippen molar-refractivity contribution in [3.05, 3.63) is 0 Å². The lowest BCUT2D eigenvalue weighted by Gasteiger charge is -2.57. The van der Waals surface area contributed by atoms with Gasteiger partial charge in [-0.25, -0.2) is 5.84 Å². The van der Waals surface area contributed by atoms with Crippen LogP contribution in [0.25, 0.3) is 0 Å². The van der Waals surface area contributed by atoms with Crippen molar-refractivity contribution in [2.75, 3.05) is 0 Å². The molecule has 0 aliphatic heterocycles. The van der Waals surface area contributed by atoms with Gasteiger partial charge in [0.1, 0.15) is 5.84 Å². The van der Waals surface area contributed by atoms with Crippen LogP contribution in [0, 0.1) is 23.2 Å². The third kappa shape index (κ3) is 2.86. The van der Waals surface area contributed by atoms with E-state index in [2.05, 4.69) is 5.43 Å². The summed E-state index contributed by atoms with van der Waals surface area (Å²) in [6.45, 7) is 0. The first kappa shape index (κ1) is 14.0. The van der Waals surface area contributed by atoms with Crippen LogP contribution in [0.2, 0.25) is 0 Å². The lowest BCUT2D eigenvalue weighted by atomic mass is 9.49. The van der Waals surface area contributed by atoms with Crippen LogP contribution in [0.3, 0.4) is 0 Å². The van der Waals surface area contributed by atoms with E-state index in [9.17, 15) is 0 Å². The average Bonchev–Trinajstić information content (AvgIpc) is 2.46. The normalized spacial score (nSPS) is 43.3. The molecule has 5 rings (SSSR count). The van der Waals surface area contributed by atoms with E-state index in [1.165, 1.54) is 70.6 Å². The van der Waals surface area contributed by atoms with E-state index < -0.39 is 0 Å². The predicted octanol–water partition coefficient (Wildman–Crippen LogP) is 3.79. The number of amidine groups is 1. The number of hydrogen-bond donors (Lipinski definition) is 2. The van der Waals surface area contributed by atoms with Gasteiger partial charge in [0.2, 0.25) is 0 Å². The van der Waals surface area contributed by atoms with E-state index in [-0.39, 0.29) is 0 Å². The highest BCUT2D eigenvalue weighted by Crippen LogP contribution is 2.61. The number of nitrogens with one attached hydrogen (secondary N) is 1. The summed E-state index contributed by atoms with van der Waals surface area (Å²) in [5.41, 5.74) is 3.52. The van der Waals surface area contributed by atoms with Gasteiger partial charge in [0, 0.05) is 6.42 Å². The van der Waals surface area contributed by atoms with Crippen LogP contribution in [-0.2, 0) is 0 Å². The van der Waals surface area contributed by atoms with Crippen molar-refractivity contribution in [2.24, 2.45) is 34.0 Å². The standard InChI is InChI=1S/C18H31N3/c19-21-17(20-16-4-2-1-3-5-16)12-18-9-13-6-14(10-18)8-15(7-13)11-18/h13-16H,1-12,19H2,(H,20,21). The topological polar surface area (TPSA) is 50.4 Å². The zero-order chi connectivity index (χ0) is 14.3. The second-order valence-electron chi connectivity index (χ2n) is 8.61. The molecule has 118 valence electrons. The second-order valence-corrected chi connectivity index (χ2v) is 8.61. The van der Waals surface area contributed by atoms with Crippen molar-refractivity contribution in [1.82, 2.24) is 5.43 Å². The summed E-state index contributed by atoms with van der Waals surface area (Å²) in [5, 5.41) is 0. The van der Waals surface area contributed by atoms with Crippen LogP contribution >= 0.6 is 0 Å². The Labute approximate surface area is 129 Å². The van der Waals surface area contributed by atoms with Crippen molar-refractivity contribution < 1.29 is 0 Å². The number of nitrogens with zero attached hydrogens (tertiary/aromatic N) is 1. The Balaban J connectivity index is 1.47. The van der Waals surface area contributed by atoms with Crippen molar-refractivity contribution in [3.8, 4) is 0 Å². The van der Waals surface area contributed by atoms with Crippen molar-refractivity contribution >= 4 is 5.84 Å². The molecule has 0 spiro atoms. The van der Waals surface area contributed by atoms with Crippen LogP contribution in [0.1, 0.15) is 77.0 Å². The molecule has 3 nitrogen and oxygen atoms in total. The van der Waals surface area contributed by atoms with Gasteiger partial charge < -0.3 is 5.43 Å². The minimum Gasteiger partial charge on any atom is -0.312 e. The summed E-state index contributed by atoms with van der Waals surface area (Å²) < 4.78 is 0. The van der Waals surface area contributed by atoms with Gasteiger partial charge in [-0.1, -0.05) is 19.3 Å². The molecule has 0 radical (unpaired) electrons. The summed E-state index contributed by atoms with van der Waals surface area (Å²) in [5.74, 6) is 10.0. The molecule has 21 heavy (non-hydrogen) atoms. The van der Waals surface area contributed by atoms with Crippen LogP contribution in [0.4, 0.5) is 0 Å². The lowest BCUT2D eigenvalue weighted by molar-refractivity contribution is -0.0485. The predicted molar refractivity (Wildman–Crippen MR) is 86.9 cm³/mol. The molecule has 3 heteroatoms. The Hall–Kier alpha value is -0.570. The van der Waals surface area contributed by atoms with E-state index in [1.807, 2.05) is 0 Å². The second kappa shape index (κ2) is 5.57. The van der Waals surface area contributed by atoms with E-state index in [0.717, 1.165) is 30.0 Å². The molecule has 0 amide bonds. The zero-order valence-corrected chi connectivity index (χ0v) is 13.3. The van der Waals surface area contributed by atoms with Crippen molar-refractivity contribution in [2.45, 2.75) is 83.1 Å². The fraction of sp³-hybridized carbons (Fsp3) is 0.944. The number of hydrazine groups is 1. The molecule has 5 fully saturated rings. The summed E-state index contributed by atoms with van der Waals surface area (Å²) in [6, 6.07) is 0.540. The summed E-state index contributed by atoms with van der Waals surface area (Å²) >= 11 is 0. The van der Waals surface area contributed by atoms with Gasteiger partial charge >= 0.3 is 0 Å². The maximum Gasteiger partial charge on any atom is 0.111 e. The highest BCUT2D eigenvalue weighted by molar-refractivity contribution is 5.82. The quantitative estimate of drug-likeness (QED) is 0.359. The van der Waals surface area contributed by atoms with Crippen LogP contribution in [-0.4, -0.2) is 11.9 Å². The number of aliphatic imine (C=N–C) groups is 1. The minimum absolute atomic E-state index is 0.540. The first-order valence-electron chi connectivity index (χ1n) is 9.28. The number of hydrogen-bond acceptors (Lipinski definition) is 2. The number of nitrogens with two attached hydrogens (primary N) is 1. The van der Waals surface area contributed by atoms with Gasteiger partial charge in [-0.15, -0.1) is 0 Å². The molecule has 0 aromatic carbocycles. The first-order valence-corrected chi connectivity index (χ1v) is 9.28. The molecule has 3 N–H and O–H groups in total. The van der Waals surface area contributed by atoms with Gasteiger partial charge in [-0.2, -0.15) is 0 Å². The van der Waals surface area contributed by atoms with Gasteiger partial charge in [0.05, 0.1) is 6.04 Å². The largest absolute Gasteiger partial charge is 0.312 e. The van der Waals surface area contributed by atoms with Crippen molar-refractivity contribution in [3.63, 3.8) is 0 Å². The highest BCUT2D eigenvalue weighted by Gasteiger charge is 2.51. The fourth-order valence-corrected chi connectivity index (χ4v) is 6.43. The van der Waals surface area contributed by atoms with E-state index >= 15 is 0 Å². The molecule has 4 bridgehead atoms. The van der Waals surface area contributed by atoms with Crippen LogP contribution in [0.5, 0.6) is 0 Å². The molecule has 5 aliphatic carbocycles. The van der Waals surface area contributed by atoms with E-state index in [1.54, 1.807) is 0 Å².